The Labute approximate surface area is 58.0 Å². The van der Waals surface area contributed by atoms with E-state index < -0.39 is 0 Å². The highest BCUT2D eigenvalue weighted by molar-refractivity contribution is 7.80. The van der Waals surface area contributed by atoms with Gasteiger partial charge < -0.3 is 4.43 Å². The van der Waals surface area contributed by atoms with Gasteiger partial charge in [0.25, 0.3) is 0 Å². The maximum absolute atomic E-state index is 5.02. The van der Waals surface area contributed by atoms with E-state index in [4.69, 9.17) is 16.6 Å². The molecule has 1 saturated carbocycles. The first-order chi connectivity index (χ1) is 3.84. The Morgan fingerprint density at radius 3 is 2.38 bits per heavy atom. The summed E-state index contributed by atoms with van der Waals surface area (Å²) in [6.07, 6.45) is 3.87. The molecule has 0 atom stereocenters. The predicted octanol–water partition coefficient (Wildman–Crippen LogP) is 0.411. The van der Waals surface area contributed by atoms with Gasteiger partial charge in [-0.05, 0) is 25.1 Å². The SMILES string of the molecule is [SiH3]OC(=S)C1CCC1. The van der Waals surface area contributed by atoms with Crippen molar-refractivity contribution >= 4 is 27.8 Å². The van der Waals surface area contributed by atoms with E-state index in [0.29, 0.717) is 5.92 Å². The quantitative estimate of drug-likeness (QED) is 0.391. The Morgan fingerprint density at radius 2 is 2.25 bits per heavy atom. The third-order valence-corrected chi connectivity index (χ3v) is 2.88. The highest BCUT2D eigenvalue weighted by atomic mass is 32.1. The van der Waals surface area contributed by atoms with E-state index in [1.807, 2.05) is 0 Å². The Balaban J connectivity index is 2.24. The van der Waals surface area contributed by atoms with Crippen molar-refractivity contribution in [3.8, 4) is 0 Å². The second-order valence-corrected chi connectivity index (χ2v) is 2.96. The van der Waals surface area contributed by atoms with Crippen LogP contribution in [0.15, 0.2) is 0 Å². The van der Waals surface area contributed by atoms with E-state index in [1.54, 1.807) is 0 Å². The van der Waals surface area contributed by atoms with Crippen LogP contribution in [-0.2, 0) is 4.43 Å². The lowest BCUT2D eigenvalue weighted by Crippen LogP contribution is -2.21. The van der Waals surface area contributed by atoms with Gasteiger partial charge in [0.1, 0.15) is 5.05 Å². The van der Waals surface area contributed by atoms with Crippen molar-refractivity contribution < 1.29 is 4.43 Å². The van der Waals surface area contributed by atoms with Crippen LogP contribution < -0.4 is 0 Å². The standard InChI is InChI=1S/C5H10OSSi/c7-5(6-8)4-2-1-3-4/h4H,1-3H2,8H3. The zero-order valence-corrected chi connectivity index (χ0v) is 7.83. The Bertz CT molecular complexity index is 101. The van der Waals surface area contributed by atoms with E-state index in [0.717, 1.165) is 15.5 Å². The lowest BCUT2D eigenvalue weighted by molar-refractivity contribution is 0.376. The zero-order valence-electron chi connectivity index (χ0n) is 5.02. The fraction of sp³-hybridized carbons (Fsp3) is 0.800. The van der Waals surface area contributed by atoms with Crippen LogP contribution in [0.3, 0.4) is 0 Å². The summed E-state index contributed by atoms with van der Waals surface area (Å²) in [4.78, 5) is 0. The topological polar surface area (TPSA) is 9.23 Å². The van der Waals surface area contributed by atoms with Crippen molar-refractivity contribution in [2.24, 2.45) is 5.92 Å². The van der Waals surface area contributed by atoms with Crippen LogP contribution in [0, 0.1) is 5.92 Å². The monoisotopic (exact) mass is 146 g/mol. The first kappa shape index (κ1) is 6.23. The molecule has 0 aromatic rings. The van der Waals surface area contributed by atoms with Crippen molar-refractivity contribution in [3.63, 3.8) is 0 Å². The summed E-state index contributed by atoms with van der Waals surface area (Å²) in [5.41, 5.74) is 0. The summed E-state index contributed by atoms with van der Waals surface area (Å²) >= 11 is 4.94. The van der Waals surface area contributed by atoms with E-state index in [2.05, 4.69) is 0 Å². The molecular formula is C5H10OSSi. The van der Waals surface area contributed by atoms with Crippen LogP contribution in [0.5, 0.6) is 0 Å². The van der Waals surface area contributed by atoms with Gasteiger partial charge in [-0.25, -0.2) is 0 Å². The third kappa shape index (κ3) is 1.09. The highest BCUT2D eigenvalue weighted by Crippen LogP contribution is 2.27. The molecule has 0 N–H and O–H groups in total. The average molecular weight is 146 g/mol. The smallest absolute Gasteiger partial charge is 0.204 e. The lowest BCUT2D eigenvalue weighted by atomic mass is 9.86. The molecule has 0 unspecified atom stereocenters. The van der Waals surface area contributed by atoms with Gasteiger partial charge in [-0.1, -0.05) is 6.42 Å². The van der Waals surface area contributed by atoms with E-state index in [-0.39, 0.29) is 0 Å². The minimum Gasteiger partial charge on any atom is -0.548 e. The third-order valence-electron chi connectivity index (χ3n) is 1.64. The molecule has 0 aromatic carbocycles. The van der Waals surface area contributed by atoms with Gasteiger partial charge in [0.2, 0.25) is 10.5 Å². The molecule has 1 nitrogen and oxygen atoms in total. The maximum atomic E-state index is 5.02. The summed E-state index contributed by atoms with van der Waals surface area (Å²) < 4.78 is 5.02. The largest absolute Gasteiger partial charge is 0.548 e. The molecule has 8 heavy (non-hydrogen) atoms. The van der Waals surface area contributed by atoms with Crippen LogP contribution in [0.1, 0.15) is 19.3 Å². The molecule has 0 spiro atoms. The van der Waals surface area contributed by atoms with Crippen LogP contribution in [0.25, 0.3) is 0 Å². The lowest BCUT2D eigenvalue weighted by Gasteiger charge is -2.24. The van der Waals surface area contributed by atoms with E-state index in [1.165, 1.54) is 19.3 Å². The van der Waals surface area contributed by atoms with Gasteiger partial charge in [0, 0.05) is 5.92 Å². The van der Waals surface area contributed by atoms with Crippen molar-refractivity contribution in [2.75, 3.05) is 0 Å². The number of thiocarbonyl (C=S) groups is 1. The van der Waals surface area contributed by atoms with E-state index >= 15 is 0 Å². The molecule has 0 saturated heterocycles. The van der Waals surface area contributed by atoms with Crippen molar-refractivity contribution in [3.05, 3.63) is 0 Å². The summed E-state index contributed by atoms with van der Waals surface area (Å²) in [6, 6.07) is 0. The van der Waals surface area contributed by atoms with Gasteiger partial charge in [-0.2, -0.15) is 0 Å². The molecule has 0 aromatic heterocycles. The molecule has 1 aliphatic carbocycles. The van der Waals surface area contributed by atoms with Crippen LogP contribution in [0.2, 0.25) is 0 Å². The molecule has 1 fully saturated rings. The number of rotatable bonds is 1. The first-order valence-electron chi connectivity index (χ1n) is 2.92. The molecule has 1 aliphatic rings. The molecule has 3 heteroatoms. The van der Waals surface area contributed by atoms with Crippen LogP contribution in [-0.4, -0.2) is 15.5 Å². The van der Waals surface area contributed by atoms with Crippen molar-refractivity contribution in [2.45, 2.75) is 19.3 Å². The van der Waals surface area contributed by atoms with Gasteiger partial charge in [-0.15, -0.1) is 0 Å². The fourth-order valence-electron chi connectivity index (χ4n) is 0.811. The second kappa shape index (κ2) is 2.59. The Hall–Kier alpha value is 0.107. The second-order valence-electron chi connectivity index (χ2n) is 2.15. The first-order valence-corrected chi connectivity index (χ1v) is 4.15. The van der Waals surface area contributed by atoms with Gasteiger partial charge in [-0.3, -0.25) is 0 Å². The molecule has 0 radical (unpaired) electrons. The predicted molar refractivity (Wildman–Crippen MR) is 41.0 cm³/mol. The summed E-state index contributed by atoms with van der Waals surface area (Å²) in [7, 11) is 0.768. The maximum Gasteiger partial charge on any atom is 0.204 e. The van der Waals surface area contributed by atoms with Crippen molar-refractivity contribution in [1.82, 2.24) is 0 Å². The number of hydrogen-bond donors (Lipinski definition) is 0. The van der Waals surface area contributed by atoms with Crippen molar-refractivity contribution in [1.29, 1.82) is 0 Å². The highest BCUT2D eigenvalue weighted by Gasteiger charge is 2.21. The summed E-state index contributed by atoms with van der Waals surface area (Å²) in [5, 5.41) is 0.864. The molecule has 0 amide bonds. The van der Waals surface area contributed by atoms with Gasteiger partial charge in [0.05, 0.1) is 0 Å². The van der Waals surface area contributed by atoms with Gasteiger partial charge in [0.15, 0.2) is 0 Å². The summed E-state index contributed by atoms with van der Waals surface area (Å²) in [6.45, 7) is 0. The molecular weight excluding hydrogens is 136 g/mol. The van der Waals surface area contributed by atoms with Crippen LogP contribution >= 0.6 is 12.2 Å². The molecule has 0 heterocycles. The van der Waals surface area contributed by atoms with E-state index in [9.17, 15) is 0 Å². The molecule has 1 rings (SSSR count). The van der Waals surface area contributed by atoms with Crippen LogP contribution in [0.4, 0.5) is 0 Å². The molecule has 0 bridgehead atoms. The summed E-state index contributed by atoms with van der Waals surface area (Å²) in [5.74, 6) is 0.641. The molecule has 46 valence electrons. The molecule has 0 aliphatic heterocycles. The van der Waals surface area contributed by atoms with Gasteiger partial charge >= 0.3 is 0 Å². The average Bonchev–Trinajstić information content (AvgIpc) is 1.62. The minimum absolute atomic E-state index is 0.641. The normalized spacial score (nSPS) is 20.0. The number of hydrogen-bond acceptors (Lipinski definition) is 2. The zero-order chi connectivity index (χ0) is 5.98. The fourth-order valence-corrected chi connectivity index (χ4v) is 1.38. The Morgan fingerprint density at radius 1 is 1.62 bits per heavy atom. The minimum atomic E-state index is 0.641. The Kier molecular flexibility index (Phi) is 2.02.